The number of halogens is 1. The molecule has 0 spiro atoms. The van der Waals surface area contributed by atoms with Crippen molar-refractivity contribution < 1.29 is 14.3 Å². The Morgan fingerprint density at radius 1 is 1.07 bits per heavy atom. The fourth-order valence-electron chi connectivity index (χ4n) is 3.47. The van der Waals surface area contributed by atoms with Crippen molar-refractivity contribution in [2.45, 2.75) is 38.5 Å². The third-order valence-corrected chi connectivity index (χ3v) is 4.98. The minimum atomic E-state index is -0.650. The number of ether oxygens (including phenoxy) is 1. The lowest BCUT2D eigenvalue weighted by Gasteiger charge is -2.37. The molecule has 3 rings (SSSR count). The number of benzene rings is 2. The van der Waals surface area contributed by atoms with Crippen LogP contribution in [0.15, 0.2) is 54.6 Å². The van der Waals surface area contributed by atoms with Crippen molar-refractivity contribution >= 4 is 23.4 Å². The number of hydrogen-bond donors (Lipinski definition) is 1. The lowest BCUT2D eigenvalue weighted by molar-refractivity contribution is -0.145. The molecular weight excluding hydrogens is 376 g/mol. The van der Waals surface area contributed by atoms with Crippen LogP contribution in [-0.2, 0) is 16.0 Å². The highest BCUT2D eigenvalue weighted by Gasteiger charge is 2.31. The topological polar surface area (TPSA) is 58.6 Å². The fraction of sp³-hybridized carbons (Fsp3) is 0.364. The molecule has 148 valence electrons. The highest BCUT2D eigenvalue weighted by atomic mass is 35.5. The first-order valence-electron chi connectivity index (χ1n) is 9.47. The van der Waals surface area contributed by atoms with E-state index in [0.717, 1.165) is 5.56 Å². The Bertz CT molecular complexity index is 800. The molecule has 2 aromatic carbocycles. The van der Waals surface area contributed by atoms with Gasteiger partial charge in [0.1, 0.15) is 6.04 Å². The van der Waals surface area contributed by atoms with Crippen molar-refractivity contribution in [2.75, 3.05) is 13.1 Å². The van der Waals surface area contributed by atoms with E-state index < -0.39 is 6.04 Å². The molecule has 28 heavy (non-hydrogen) atoms. The van der Waals surface area contributed by atoms with Crippen LogP contribution in [0.3, 0.4) is 0 Å². The molecular formula is C22H25ClN2O3. The van der Waals surface area contributed by atoms with E-state index in [4.69, 9.17) is 16.3 Å². The maximum Gasteiger partial charge on any atom is 0.251 e. The van der Waals surface area contributed by atoms with E-state index in [9.17, 15) is 9.59 Å². The number of morpholine rings is 1. The van der Waals surface area contributed by atoms with E-state index in [1.807, 2.05) is 44.2 Å². The van der Waals surface area contributed by atoms with Crippen LogP contribution in [0.4, 0.5) is 0 Å². The van der Waals surface area contributed by atoms with Crippen LogP contribution in [0, 0.1) is 0 Å². The third-order valence-electron chi connectivity index (χ3n) is 4.72. The largest absolute Gasteiger partial charge is 0.372 e. The molecule has 0 bridgehead atoms. The molecule has 0 radical (unpaired) electrons. The van der Waals surface area contributed by atoms with E-state index in [0.29, 0.717) is 30.1 Å². The molecule has 5 nitrogen and oxygen atoms in total. The number of nitrogens with zero attached hydrogens (tertiary/aromatic N) is 1. The zero-order valence-corrected chi connectivity index (χ0v) is 16.9. The number of rotatable bonds is 5. The van der Waals surface area contributed by atoms with E-state index >= 15 is 0 Å². The molecule has 0 aromatic heterocycles. The van der Waals surface area contributed by atoms with Crippen molar-refractivity contribution in [2.24, 2.45) is 0 Å². The monoisotopic (exact) mass is 400 g/mol. The minimum Gasteiger partial charge on any atom is -0.372 e. The predicted octanol–water partition coefficient (Wildman–Crippen LogP) is 3.32. The molecule has 0 unspecified atom stereocenters. The summed E-state index contributed by atoms with van der Waals surface area (Å²) >= 11 is 5.90. The number of hydrogen-bond acceptors (Lipinski definition) is 3. The molecule has 2 amide bonds. The lowest BCUT2D eigenvalue weighted by atomic mass is 10.0. The zero-order chi connectivity index (χ0) is 20.1. The van der Waals surface area contributed by atoms with Crippen LogP contribution in [0.5, 0.6) is 0 Å². The van der Waals surface area contributed by atoms with E-state index in [1.54, 1.807) is 29.2 Å². The van der Waals surface area contributed by atoms with Gasteiger partial charge in [0.2, 0.25) is 5.91 Å². The second-order valence-electron chi connectivity index (χ2n) is 7.22. The Balaban J connectivity index is 1.79. The highest BCUT2D eigenvalue weighted by molar-refractivity contribution is 6.30. The number of nitrogens with one attached hydrogen (secondary N) is 1. The molecule has 1 aliphatic heterocycles. The van der Waals surface area contributed by atoms with Gasteiger partial charge >= 0.3 is 0 Å². The van der Waals surface area contributed by atoms with Gasteiger partial charge in [-0.25, -0.2) is 0 Å². The highest BCUT2D eigenvalue weighted by Crippen LogP contribution is 2.15. The van der Waals surface area contributed by atoms with Crippen LogP contribution in [0.1, 0.15) is 29.8 Å². The van der Waals surface area contributed by atoms with Crippen molar-refractivity contribution in [1.82, 2.24) is 10.2 Å². The summed E-state index contributed by atoms with van der Waals surface area (Å²) in [4.78, 5) is 27.8. The number of amides is 2. The normalized spacial score (nSPS) is 20.5. The Kier molecular flexibility index (Phi) is 6.70. The van der Waals surface area contributed by atoms with Crippen LogP contribution in [0.25, 0.3) is 0 Å². The smallest absolute Gasteiger partial charge is 0.251 e. The Morgan fingerprint density at radius 2 is 1.68 bits per heavy atom. The molecule has 1 heterocycles. The average Bonchev–Trinajstić information content (AvgIpc) is 2.67. The van der Waals surface area contributed by atoms with Gasteiger partial charge in [-0.2, -0.15) is 0 Å². The van der Waals surface area contributed by atoms with E-state index in [2.05, 4.69) is 5.32 Å². The maximum atomic E-state index is 13.2. The summed E-state index contributed by atoms with van der Waals surface area (Å²) < 4.78 is 5.73. The van der Waals surface area contributed by atoms with Crippen molar-refractivity contribution in [3.05, 3.63) is 70.7 Å². The third kappa shape index (κ3) is 5.33. The first-order valence-corrected chi connectivity index (χ1v) is 9.85. The molecule has 1 fully saturated rings. The van der Waals surface area contributed by atoms with Gasteiger partial charge in [0.15, 0.2) is 0 Å². The Hall–Kier alpha value is -2.37. The van der Waals surface area contributed by atoms with Gasteiger partial charge < -0.3 is 15.0 Å². The predicted molar refractivity (Wildman–Crippen MR) is 109 cm³/mol. The summed E-state index contributed by atoms with van der Waals surface area (Å²) in [6, 6.07) is 15.7. The molecule has 1 N–H and O–H groups in total. The molecule has 3 atom stereocenters. The molecule has 2 aromatic rings. The van der Waals surface area contributed by atoms with Crippen LogP contribution in [-0.4, -0.2) is 48.1 Å². The van der Waals surface area contributed by atoms with Crippen molar-refractivity contribution in [1.29, 1.82) is 0 Å². The van der Waals surface area contributed by atoms with Gasteiger partial charge in [-0.05, 0) is 43.7 Å². The number of carbonyl (C=O) groups excluding carboxylic acids is 2. The summed E-state index contributed by atoms with van der Waals surface area (Å²) in [7, 11) is 0. The van der Waals surface area contributed by atoms with Gasteiger partial charge in [0.05, 0.1) is 12.2 Å². The van der Waals surface area contributed by atoms with Crippen LogP contribution in [0.2, 0.25) is 5.02 Å². The Morgan fingerprint density at radius 3 is 2.29 bits per heavy atom. The van der Waals surface area contributed by atoms with Gasteiger partial charge in [0, 0.05) is 30.1 Å². The summed E-state index contributed by atoms with van der Waals surface area (Å²) in [5.41, 5.74) is 1.46. The van der Waals surface area contributed by atoms with Crippen LogP contribution < -0.4 is 5.32 Å². The first-order chi connectivity index (χ1) is 13.4. The molecule has 6 heteroatoms. The Labute approximate surface area is 170 Å². The van der Waals surface area contributed by atoms with Crippen molar-refractivity contribution in [3.8, 4) is 0 Å². The summed E-state index contributed by atoms with van der Waals surface area (Å²) in [6.07, 6.45) is 0.369. The second kappa shape index (κ2) is 9.22. The molecule has 1 aliphatic rings. The minimum absolute atomic E-state index is 0.0305. The summed E-state index contributed by atoms with van der Waals surface area (Å²) in [6.45, 7) is 4.94. The van der Waals surface area contributed by atoms with E-state index in [-0.39, 0.29) is 24.0 Å². The standard InChI is InChI=1S/C22H25ClN2O3/c1-15-13-25(14-16(2)28-15)22(27)20(12-17-6-4-3-5-7-17)24-21(26)18-8-10-19(23)11-9-18/h3-11,15-16,20H,12-14H2,1-2H3,(H,24,26)/t15-,16-,20-/m1/s1. The van der Waals surface area contributed by atoms with Gasteiger partial charge in [-0.1, -0.05) is 41.9 Å². The summed E-state index contributed by atoms with van der Waals surface area (Å²) in [5.74, 6) is -0.381. The van der Waals surface area contributed by atoms with E-state index in [1.165, 1.54) is 0 Å². The van der Waals surface area contributed by atoms with Crippen molar-refractivity contribution in [3.63, 3.8) is 0 Å². The summed E-state index contributed by atoms with van der Waals surface area (Å²) in [5, 5.41) is 3.47. The molecule has 0 saturated carbocycles. The van der Waals surface area contributed by atoms with Gasteiger partial charge in [-0.3, -0.25) is 9.59 Å². The zero-order valence-electron chi connectivity index (χ0n) is 16.1. The molecule has 1 saturated heterocycles. The van der Waals surface area contributed by atoms with Crippen LogP contribution >= 0.6 is 11.6 Å². The lowest BCUT2D eigenvalue weighted by Crippen LogP contribution is -2.55. The first kappa shape index (κ1) is 20.4. The quantitative estimate of drug-likeness (QED) is 0.837. The second-order valence-corrected chi connectivity index (χ2v) is 7.66. The van der Waals surface area contributed by atoms with Gasteiger partial charge in [0.25, 0.3) is 5.91 Å². The number of carbonyl (C=O) groups is 2. The SMILES string of the molecule is C[C@@H]1CN(C(=O)[C@@H](Cc2ccccc2)NC(=O)c2ccc(Cl)cc2)C[C@@H](C)O1. The maximum absolute atomic E-state index is 13.2. The van der Waals surface area contributed by atoms with Gasteiger partial charge in [-0.15, -0.1) is 0 Å². The fourth-order valence-corrected chi connectivity index (χ4v) is 3.60. The average molecular weight is 401 g/mol. The molecule has 0 aliphatic carbocycles.